The molecule has 1 aliphatic carbocycles. The van der Waals surface area contributed by atoms with Gasteiger partial charge in [-0.25, -0.2) is 9.78 Å². The molecule has 20 nitrogen and oxygen atoms in total. The van der Waals surface area contributed by atoms with Crippen molar-refractivity contribution in [1.29, 1.82) is 0 Å². The summed E-state index contributed by atoms with van der Waals surface area (Å²) in [6.07, 6.45) is 8.60. The fourth-order valence-corrected chi connectivity index (χ4v) is 8.13. The van der Waals surface area contributed by atoms with E-state index in [1.807, 2.05) is 0 Å². The Kier molecular flexibility index (Phi) is 22.6. The lowest BCUT2D eigenvalue weighted by molar-refractivity contribution is -0.142. The number of benzene rings is 2. The number of likely N-dealkylation sites (N-methyl/N-ethyl adjacent to an activating group) is 1. The third kappa shape index (κ3) is 17.6. The van der Waals surface area contributed by atoms with Crippen LogP contribution in [0.2, 0.25) is 0 Å². The second kappa shape index (κ2) is 28.4. The Labute approximate surface area is 416 Å². The lowest BCUT2D eigenvalue weighted by Gasteiger charge is -2.32. The van der Waals surface area contributed by atoms with Crippen LogP contribution in [0, 0.1) is 17.8 Å². The van der Waals surface area contributed by atoms with E-state index < -0.39 is 89.3 Å². The highest BCUT2D eigenvalue weighted by Crippen LogP contribution is 2.27. The van der Waals surface area contributed by atoms with E-state index in [0.29, 0.717) is 17.7 Å². The van der Waals surface area contributed by atoms with Crippen molar-refractivity contribution in [3.63, 3.8) is 0 Å². The third-order valence-corrected chi connectivity index (χ3v) is 12.1. The van der Waals surface area contributed by atoms with E-state index in [4.69, 9.17) is 0 Å². The fourth-order valence-electron chi connectivity index (χ4n) is 8.13. The highest BCUT2D eigenvalue weighted by Gasteiger charge is 2.36. The van der Waals surface area contributed by atoms with Gasteiger partial charge in [-0.3, -0.25) is 43.3 Å². The van der Waals surface area contributed by atoms with Crippen LogP contribution in [0.15, 0.2) is 79.3 Å². The third-order valence-electron chi connectivity index (χ3n) is 12.1. The summed E-state index contributed by atoms with van der Waals surface area (Å²) in [5.41, 5.74) is 1.06. The monoisotopic (exact) mass is 982 g/mol. The van der Waals surface area contributed by atoms with Crippen LogP contribution in [0.5, 0.6) is 0 Å². The number of hydrogen-bond acceptors (Lipinski definition) is 11. The Bertz CT molecular complexity index is 2260. The molecule has 20 heteroatoms. The van der Waals surface area contributed by atoms with E-state index in [9.17, 15) is 43.2 Å². The van der Waals surface area contributed by atoms with Crippen LogP contribution in [0.25, 0.3) is 0 Å². The van der Waals surface area contributed by atoms with Gasteiger partial charge in [-0.15, -0.1) is 0 Å². The summed E-state index contributed by atoms with van der Waals surface area (Å²) in [5.74, 6) is -6.41. The standard InChI is InChI=1S/C51H71N11O9/c1-8-18-37(44(64)49(69)58-41(33(4)5)47(67)60-43(50(70)61(6)7)35-21-14-10-15-22-35)56-39(63)25-29-62(51(71)55-36-23-16-11-17-24-36)30-28-54-46(66)40(32(2)3)57-48(68)42(34-19-12-9-13-20-34)59-45(65)38-31-52-26-27-53-38/h10-11,14-17,21-24,26-27,31-34,37,40-43H,8-9,12-13,18-20,25,28-30H2,1-7H3,(H,54,66)(H,55,71)(H,56,63)(H,57,68)(H,58,69)(H,59,65)(H,60,67)/t37-,40-,41-,42-,43-/m0/s1. The Morgan fingerprint density at radius 3 is 1.93 bits per heavy atom. The van der Waals surface area contributed by atoms with Gasteiger partial charge in [-0.2, -0.15) is 0 Å². The van der Waals surface area contributed by atoms with Crippen LogP contribution >= 0.6 is 0 Å². The summed E-state index contributed by atoms with van der Waals surface area (Å²) in [4.78, 5) is 133. The fraction of sp³-hybridized carbons (Fsp3) is 0.510. The second-order valence-corrected chi connectivity index (χ2v) is 18.5. The van der Waals surface area contributed by atoms with E-state index in [2.05, 4.69) is 47.2 Å². The van der Waals surface area contributed by atoms with Gasteiger partial charge in [-0.1, -0.05) is 109 Å². The number of nitrogens with one attached hydrogen (secondary N) is 7. The van der Waals surface area contributed by atoms with E-state index in [1.165, 1.54) is 28.4 Å². The highest BCUT2D eigenvalue weighted by atomic mass is 16.2. The molecule has 0 radical (unpaired) electrons. The zero-order valence-electron chi connectivity index (χ0n) is 41.9. The average molecular weight is 982 g/mol. The number of aromatic nitrogens is 2. The molecule has 2 aromatic carbocycles. The van der Waals surface area contributed by atoms with Gasteiger partial charge in [0, 0.05) is 58.2 Å². The Morgan fingerprint density at radius 1 is 0.704 bits per heavy atom. The molecule has 1 saturated carbocycles. The molecule has 9 amide bonds. The molecular weight excluding hydrogens is 911 g/mol. The summed E-state index contributed by atoms with van der Waals surface area (Å²) < 4.78 is 0. The first-order valence-electron chi connectivity index (χ1n) is 24.4. The first-order chi connectivity index (χ1) is 33.9. The molecule has 4 rings (SSSR count). The van der Waals surface area contributed by atoms with Crippen LogP contribution in [0.1, 0.15) is 108 Å². The smallest absolute Gasteiger partial charge is 0.321 e. The zero-order valence-corrected chi connectivity index (χ0v) is 41.9. The summed E-state index contributed by atoms with van der Waals surface area (Å²) >= 11 is 0. The zero-order chi connectivity index (χ0) is 52.0. The maximum absolute atomic E-state index is 13.9. The summed E-state index contributed by atoms with van der Waals surface area (Å²) in [7, 11) is 3.11. The normalized spacial score (nSPS) is 14.6. The molecular formula is C51H71N11O9. The Hall–Kier alpha value is -7.25. The van der Waals surface area contributed by atoms with Gasteiger partial charge < -0.3 is 47.0 Å². The van der Waals surface area contributed by atoms with Crippen molar-refractivity contribution in [2.75, 3.05) is 39.0 Å². The van der Waals surface area contributed by atoms with Crippen molar-refractivity contribution in [3.8, 4) is 0 Å². The molecule has 5 atom stereocenters. The summed E-state index contributed by atoms with van der Waals surface area (Å²) in [5, 5.41) is 19.1. The van der Waals surface area contributed by atoms with E-state index >= 15 is 0 Å². The molecule has 71 heavy (non-hydrogen) atoms. The topological polar surface area (TPSA) is 270 Å². The first kappa shape index (κ1) is 56.3. The number of urea groups is 1. The van der Waals surface area contributed by atoms with Gasteiger partial charge in [-0.05, 0) is 54.7 Å². The largest absolute Gasteiger partial charge is 0.353 e. The number of hydrogen-bond donors (Lipinski definition) is 7. The molecule has 1 fully saturated rings. The number of ketones is 1. The van der Waals surface area contributed by atoms with Crippen molar-refractivity contribution in [1.82, 2.24) is 51.7 Å². The van der Waals surface area contributed by atoms with Crippen LogP contribution in [0.4, 0.5) is 10.5 Å². The van der Waals surface area contributed by atoms with Crippen LogP contribution in [-0.4, -0.2) is 131 Å². The van der Waals surface area contributed by atoms with E-state index in [0.717, 1.165) is 32.1 Å². The SMILES string of the molecule is CCC[C@H](NC(=O)CCN(CCNC(=O)[C@@H](NC(=O)[C@@H](NC(=O)c1cnccn1)C1CCCCC1)C(C)C)C(=O)Nc1ccccc1)C(=O)C(=O)N[C@H](C(=O)N[C@H](C(=O)N(C)C)c1ccccc1)C(C)C. The van der Waals surface area contributed by atoms with Gasteiger partial charge in [0.2, 0.25) is 35.3 Å². The molecule has 3 aromatic rings. The van der Waals surface area contributed by atoms with E-state index in [1.54, 1.807) is 109 Å². The Balaban J connectivity index is 1.41. The Morgan fingerprint density at radius 2 is 1.34 bits per heavy atom. The van der Waals surface area contributed by atoms with Crippen molar-refractivity contribution in [2.24, 2.45) is 17.8 Å². The minimum Gasteiger partial charge on any atom is -0.353 e. The number of Topliss-reactive ketones (excluding diaryl/α,β-unsaturated/α-hetero) is 1. The summed E-state index contributed by atoms with van der Waals surface area (Å²) in [6.45, 7) is 8.36. The lowest BCUT2D eigenvalue weighted by atomic mass is 9.83. The average Bonchev–Trinajstić information content (AvgIpc) is 3.36. The van der Waals surface area contributed by atoms with E-state index in [-0.39, 0.29) is 50.0 Å². The number of para-hydroxylation sites is 1. The number of anilines is 1. The molecule has 384 valence electrons. The van der Waals surface area contributed by atoms with Gasteiger partial charge in [0.15, 0.2) is 0 Å². The molecule has 7 N–H and O–H groups in total. The first-order valence-corrected chi connectivity index (χ1v) is 24.4. The number of carbonyl (C=O) groups excluding carboxylic acids is 9. The van der Waals surface area contributed by atoms with Crippen molar-refractivity contribution >= 4 is 58.9 Å². The van der Waals surface area contributed by atoms with Gasteiger partial charge in [0.1, 0.15) is 29.9 Å². The predicted molar refractivity (Wildman–Crippen MR) is 266 cm³/mol. The molecule has 0 spiro atoms. The lowest BCUT2D eigenvalue weighted by Crippen LogP contribution is -2.58. The van der Waals surface area contributed by atoms with Gasteiger partial charge in [0.05, 0.1) is 12.2 Å². The molecule has 1 heterocycles. The quantitative estimate of drug-likeness (QED) is 0.0606. The minimum absolute atomic E-state index is 0.0576. The van der Waals surface area contributed by atoms with Gasteiger partial charge in [0.25, 0.3) is 11.8 Å². The highest BCUT2D eigenvalue weighted by molar-refractivity contribution is 6.38. The number of carbonyl (C=O) groups is 9. The second-order valence-electron chi connectivity index (χ2n) is 18.5. The number of rotatable bonds is 25. The molecule has 0 saturated heterocycles. The minimum atomic E-state index is -1.26. The molecule has 1 aliphatic rings. The molecule has 0 bridgehead atoms. The van der Waals surface area contributed by atoms with Crippen LogP contribution in [-0.2, 0) is 33.6 Å². The predicted octanol–water partition coefficient (Wildman–Crippen LogP) is 3.28. The number of amides is 9. The summed E-state index contributed by atoms with van der Waals surface area (Å²) in [6, 6.07) is 11.2. The van der Waals surface area contributed by atoms with Crippen molar-refractivity contribution in [3.05, 3.63) is 90.5 Å². The van der Waals surface area contributed by atoms with Gasteiger partial charge >= 0.3 is 6.03 Å². The van der Waals surface area contributed by atoms with Crippen LogP contribution < -0.4 is 37.2 Å². The van der Waals surface area contributed by atoms with Crippen molar-refractivity contribution in [2.45, 2.75) is 116 Å². The van der Waals surface area contributed by atoms with Crippen molar-refractivity contribution < 1.29 is 43.2 Å². The molecule has 0 unspecified atom stereocenters. The molecule has 0 aliphatic heterocycles. The number of nitrogens with zero attached hydrogens (tertiary/aromatic N) is 4. The maximum Gasteiger partial charge on any atom is 0.321 e. The van der Waals surface area contributed by atoms with Crippen LogP contribution in [0.3, 0.4) is 0 Å². The molecule has 1 aromatic heterocycles. The maximum atomic E-state index is 13.9.